The minimum atomic E-state index is -0.305. The van der Waals surface area contributed by atoms with E-state index >= 15 is 0 Å². The molecule has 0 saturated heterocycles. The molecule has 0 bridgehead atoms. The smallest absolute Gasteiger partial charge is 0.132 e. The third-order valence-electron chi connectivity index (χ3n) is 2.79. The van der Waals surface area contributed by atoms with Gasteiger partial charge in [-0.2, -0.15) is 8.75 Å². The maximum absolute atomic E-state index is 14.1. The second-order valence-corrected chi connectivity index (χ2v) is 4.66. The number of methoxy groups -OCH3 is 1. The molecule has 0 amide bonds. The van der Waals surface area contributed by atoms with Crippen LogP contribution in [0.25, 0.3) is 0 Å². The van der Waals surface area contributed by atoms with Crippen LogP contribution < -0.4 is 10.1 Å². The van der Waals surface area contributed by atoms with Gasteiger partial charge in [0.2, 0.25) is 0 Å². The van der Waals surface area contributed by atoms with E-state index in [2.05, 4.69) is 21.0 Å². The van der Waals surface area contributed by atoms with Crippen molar-refractivity contribution in [1.82, 2.24) is 14.1 Å². The molecule has 1 unspecified atom stereocenters. The molecular weight excluding hydrogens is 265 g/mol. The summed E-state index contributed by atoms with van der Waals surface area (Å²) < 4.78 is 27.3. The van der Waals surface area contributed by atoms with Crippen molar-refractivity contribution in [2.75, 3.05) is 13.7 Å². The lowest BCUT2D eigenvalue weighted by Crippen LogP contribution is -2.24. The number of hydrogen-bond acceptors (Lipinski definition) is 5. The van der Waals surface area contributed by atoms with Crippen molar-refractivity contribution >= 4 is 11.7 Å². The lowest BCUT2D eigenvalue weighted by atomic mass is 10.0. The Hall–Kier alpha value is -1.53. The molecule has 19 heavy (non-hydrogen) atoms. The molecular formula is C13H16FN3OS. The molecule has 1 atom stereocenters. The topological polar surface area (TPSA) is 47.0 Å². The highest BCUT2D eigenvalue weighted by Gasteiger charge is 2.20. The summed E-state index contributed by atoms with van der Waals surface area (Å²) in [6, 6.07) is 4.58. The fraction of sp³-hybridized carbons (Fsp3) is 0.385. The van der Waals surface area contributed by atoms with Gasteiger partial charge in [-0.1, -0.05) is 13.0 Å². The highest BCUT2D eigenvalue weighted by atomic mass is 32.1. The highest BCUT2D eigenvalue weighted by molar-refractivity contribution is 6.99. The van der Waals surface area contributed by atoms with Gasteiger partial charge >= 0.3 is 0 Å². The van der Waals surface area contributed by atoms with Crippen LogP contribution in [0.4, 0.5) is 4.39 Å². The first kappa shape index (κ1) is 13.9. The van der Waals surface area contributed by atoms with E-state index in [0.717, 1.165) is 30.4 Å². The van der Waals surface area contributed by atoms with Crippen molar-refractivity contribution in [2.45, 2.75) is 19.4 Å². The first-order valence-electron chi connectivity index (χ1n) is 6.10. The molecule has 0 aliphatic carbocycles. The number of ether oxygens (including phenoxy) is 1. The first-order chi connectivity index (χ1) is 9.26. The van der Waals surface area contributed by atoms with Crippen LogP contribution in [0.2, 0.25) is 0 Å². The molecule has 1 aromatic carbocycles. The minimum Gasteiger partial charge on any atom is -0.497 e. The molecule has 0 fully saturated rings. The third kappa shape index (κ3) is 3.27. The predicted molar refractivity (Wildman–Crippen MR) is 73.0 cm³/mol. The lowest BCUT2D eigenvalue weighted by Gasteiger charge is -2.17. The quantitative estimate of drug-likeness (QED) is 0.884. The zero-order valence-electron chi connectivity index (χ0n) is 10.9. The number of rotatable bonds is 6. The average Bonchev–Trinajstić information content (AvgIpc) is 2.94. The maximum atomic E-state index is 14.1. The number of hydrogen-bond donors (Lipinski definition) is 1. The Morgan fingerprint density at radius 2 is 2.32 bits per heavy atom. The zero-order chi connectivity index (χ0) is 13.7. The Bertz CT molecular complexity index is 519. The van der Waals surface area contributed by atoms with Gasteiger partial charge in [0.25, 0.3) is 0 Å². The monoisotopic (exact) mass is 281 g/mol. The molecule has 4 nitrogen and oxygen atoms in total. The van der Waals surface area contributed by atoms with Gasteiger partial charge < -0.3 is 10.1 Å². The van der Waals surface area contributed by atoms with E-state index in [1.54, 1.807) is 18.3 Å². The van der Waals surface area contributed by atoms with Crippen LogP contribution in [0.15, 0.2) is 24.4 Å². The molecule has 0 spiro atoms. The summed E-state index contributed by atoms with van der Waals surface area (Å²) in [6.07, 6.45) is 2.63. The number of nitrogens with one attached hydrogen (secondary N) is 1. The molecule has 6 heteroatoms. The van der Waals surface area contributed by atoms with Crippen molar-refractivity contribution in [3.05, 3.63) is 41.5 Å². The molecule has 2 aromatic rings. The van der Waals surface area contributed by atoms with Crippen molar-refractivity contribution in [2.24, 2.45) is 0 Å². The van der Waals surface area contributed by atoms with Crippen molar-refractivity contribution in [3.8, 4) is 5.75 Å². The predicted octanol–water partition coefficient (Wildman–Crippen LogP) is 2.77. The number of aromatic nitrogens is 2. The number of benzene rings is 1. The van der Waals surface area contributed by atoms with Crippen LogP contribution >= 0.6 is 11.7 Å². The summed E-state index contributed by atoms with van der Waals surface area (Å²) in [7, 11) is 1.52. The Balaban J connectivity index is 2.32. The summed E-state index contributed by atoms with van der Waals surface area (Å²) in [6.45, 7) is 2.85. The maximum Gasteiger partial charge on any atom is 0.132 e. The van der Waals surface area contributed by atoms with Crippen molar-refractivity contribution in [1.29, 1.82) is 0 Å². The van der Waals surface area contributed by atoms with Crippen LogP contribution in [0.1, 0.15) is 30.6 Å². The Morgan fingerprint density at radius 3 is 2.89 bits per heavy atom. The minimum absolute atomic E-state index is 0.274. The summed E-state index contributed by atoms with van der Waals surface area (Å²) in [5.74, 6) is 0.202. The fourth-order valence-electron chi connectivity index (χ4n) is 1.83. The summed E-state index contributed by atoms with van der Waals surface area (Å²) in [4.78, 5) is 0. The Labute approximate surface area is 116 Å². The zero-order valence-corrected chi connectivity index (χ0v) is 11.7. The number of halogens is 1. The van der Waals surface area contributed by atoms with E-state index < -0.39 is 0 Å². The van der Waals surface area contributed by atoms with E-state index in [9.17, 15) is 4.39 Å². The molecule has 2 rings (SSSR count). The van der Waals surface area contributed by atoms with E-state index in [0.29, 0.717) is 11.3 Å². The van der Waals surface area contributed by atoms with Gasteiger partial charge in [0, 0.05) is 11.6 Å². The highest BCUT2D eigenvalue weighted by Crippen LogP contribution is 2.26. The van der Waals surface area contributed by atoms with Gasteiger partial charge in [0.1, 0.15) is 11.6 Å². The van der Waals surface area contributed by atoms with Crippen LogP contribution in [-0.2, 0) is 0 Å². The van der Waals surface area contributed by atoms with Crippen LogP contribution in [0.5, 0.6) is 5.75 Å². The van der Waals surface area contributed by atoms with E-state index in [1.807, 2.05) is 0 Å². The van der Waals surface area contributed by atoms with Crippen LogP contribution in [-0.4, -0.2) is 22.4 Å². The molecule has 0 aliphatic heterocycles. The summed E-state index contributed by atoms with van der Waals surface area (Å²) in [5.41, 5.74) is 1.30. The second-order valence-electron chi connectivity index (χ2n) is 4.11. The average molecular weight is 281 g/mol. The lowest BCUT2D eigenvalue weighted by molar-refractivity contribution is 0.410. The van der Waals surface area contributed by atoms with Gasteiger partial charge in [-0.15, -0.1) is 0 Å². The van der Waals surface area contributed by atoms with E-state index in [4.69, 9.17) is 4.74 Å². The molecule has 0 aliphatic rings. The molecule has 0 radical (unpaired) electrons. The summed E-state index contributed by atoms with van der Waals surface area (Å²) >= 11 is 1.12. The van der Waals surface area contributed by atoms with Gasteiger partial charge in [-0.05, 0) is 19.0 Å². The van der Waals surface area contributed by atoms with E-state index in [-0.39, 0.29) is 11.9 Å². The Morgan fingerprint density at radius 1 is 1.47 bits per heavy atom. The van der Waals surface area contributed by atoms with Crippen molar-refractivity contribution in [3.63, 3.8) is 0 Å². The fourth-order valence-corrected chi connectivity index (χ4v) is 2.28. The van der Waals surface area contributed by atoms with Gasteiger partial charge in [0.05, 0.1) is 36.8 Å². The molecule has 1 N–H and O–H groups in total. The normalized spacial score (nSPS) is 12.4. The Kier molecular flexibility index (Phi) is 4.81. The largest absolute Gasteiger partial charge is 0.497 e. The first-order valence-corrected chi connectivity index (χ1v) is 6.83. The SMILES string of the molecule is CCCNC(c1cnsn1)c1ccc(OC)cc1F. The van der Waals surface area contributed by atoms with E-state index in [1.165, 1.54) is 13.2 Å². The standard InChI is InChI=1S/C13H16FN3OS/c1-3-6-15-13(12-8-16-19-17-12)10-5-4-9(18-2)7-11(10)14/h4-5,7-8,13,15H,3,6H2,1-2H3. The van der Waals surface area contributed by atoms with Gasteiger partial charge in [0.15, 0.2) is 0 Å². The van der Waals surface area contributed by atoms with Crippen LogP contribution in [0.3, 0.4) is 0 Å². The van der Waals surface area contributed by atoms with Gasteiger partial charge in [-0.25, -0.2) is 4.39 Å². The summed E-state index contributed by atoms with van der Waals surface area (Å²) in [5, 5.41) is 3.29. The molecule has 0 saturated carbocycles. The molecule has 1 aromatic heterocycles. The van der Waals surface area contributed by atoms with Gasteiger partial charge in [-0.3, -0.25) is 0 Å². The molecule has 102 valence electrons. The van der Waals surface area contributed by atoms with Crippen LogP contribution in [0, 0.1) is 5.82 Å². The van der Waals surface area contributed by atoms with Crippen molar-refractivity contribution < 1.29 is 9.13 Å². The number of nitrogens with zero attached hydrogens (tertiary/aromatic N) is 2. The second kappa shape index (κ2) is 6.58. The molecule has 1 heterocycles. The third-order valence-corrected chi connectivity index (χ3v) is 3.28.